The van der Waals surface area contributed by atoms with Crippen LogP contribution in [0.1, 0.15) is 52.4 Å². The van der Waals surface area contributed by atoms with Gasteiger partial charge < -0.3 is 49.7 Å². The summed E-state index contributed by atoms with van der Waals surface area (Å²) in [5.74, 6) is 1.17. The van der Waals surface area contributed by atoms with Crippen LogP contribution >= 0.6 is 0 Å². The molecule has 360 valence electrons. The number of amides is 3. The van der Waals surface area contributed by atoms with E-state index in [4.69, 9.17) is 28.4 Å². The van der Waals surface area contributed by atoms with Crippen molar-refractivity contribution in [1.29, 1.82) is 0 Å². The molecular weight excluding hydrogens is 879 g/mol. The zero-order valence-corrected chi connectivity index (χ0v) is 39.8. The molecule has 0 saturated carbocycles. The van der Waals surface area contributed by atoms with Gasteiger partial charge >= 0.3 is 12.1 Å². The van der Waals surface area contributed by atoms with E-state index in [1.165, 1.54) is 12.0 Å². The highest BCUT2D eigenvalue weighted by Crippen LogP contribution is 2.44. The molecular formula is C54H59N5O10. The number of esters is 1. The lowest BCUT2D eigenvalue weighted by Gasteiger charge is -2.32. The van der Waals surface area contributed by atoms with Gasteiger partial charge in [0.1, 0.15) is 19.8 Å². The minimum atomic E-state index is -0.583. The molecule has 0 aromatic heterocycles. The zero-order chi connectivity index (χ0) is 48.9. The molecule has 7 rings (SSSR count). The van der Waals surface area contributed by atoms with Crippen molar-refractivity contribution in [3.8, 4) is 45.3 Å². The largest absolute Gasteiger partial charge is 0.493 e. The predicted molar refractivity (Wildman–Crippen MR) is 265 cm³/mol. The normalized spacial score (nSPS) is 14.4. The zero-order valence-electron chi connectivity index (χ0n) is 39.8. The molecule has 15 heteroatoms. The monoisotopic (exact) mass is 937 g/mol. The number of allylic oxidation sites excluding steroid dienone is 3. The van der Waals surface area contributed by atoms with Gasteiger partial charge in [0, 0.05) is 61.3 Å². The summed E-state index contributed by atoms with van der Waals surface area (Å²) in [6.45, 7) is 2.22. The van der Waals surface area contributed by atoms with Gasteiger partial charge in [-0.3, -0.25) is 14.5 Å². The predicted octanol–water partition coefficient (Wildman–Crippen LogP) is 8.14. The minimum Gasteiger partial charge on any atom is -0.493 e. The summed E-state index contributed by atoms with van der Waals surface area (Å²) in [6, 6.07) is 28.0. The van der Waals surface area contributed by atoms with Crippen molar-refractivity contribution >= 4 is 36.3 Å². The van der Waals surface area contributed by atoms with Crippen molar-refractivity contribution in [3.63, 3.8) is 0 Å². The van der Waals surface area contributed by atoms with E-state index in [1.54, 1.807) is 32.4 Å². The number of nitrogens with zero attached hydrogens (tertiary/aromatic N) is 1. The van der Waals surface area contributed by atoms with Crippen LogP contribution < -0.4 is 45.1 Å². The summed E-state index contributed by atoms with van der Waals surface area (Å²) >= 11 is 0. The molecule has 0 fully saturated rings. The van der Waals surface area contributed by atoms with Crippen molar-refractivity contribution in [3.05, 3.63) is 142 Å². The molecule has 1 aliphatic heterocycles. The van der Waals surface area contributed by atoms with Crippen LogP contribution in [-0.2, 0) is 45.1 Å². The van der Waals surface area contributed by atoms with Crippen LogP contribution in [0.4, 0.5) is 16.2 Å². The van der Waals surface area contributed by atoms with Crippen LogP contribution in [-0.4, -0.2) is 85.5 Å². The lowest BCUT2D eigenvalue weighted by molar-refractivity contribution is -0.110. The lowest BCUT2D eigenvalue weighted by Crippen LogP contribution is -2.46. The van der Waals surface area contributed by atoms with Crippen molar-refractivity contribution in [1.82, 2.24) is 16.0 Å². The van der Waals surface area contributed by atoms with Gasteiger partial charge in [-0.15, -0.1) is 0 Å². The number of hydrogen-bond donors (Lipinski definition) is 4. The number of carbonyl (C=O) groups is 4. The number of nitrogens with one attached hydrogen (secondary N) is 4. The van der Waals surface area contributed by atoms with Gasteiger partial charge in [-0.05, 0) is 108 Å². The quantitative estimate of drug-likeness (QED) is 0.0436. The summed E-state index contributed by atoms with van der Waals surface area (Å²) < 4.78 is 35.9. The molecule has 1 unspecified atom stereocenters. The molecule has 15 nitrogen and oxygen atoms in total. The number of methoxy groups -OCH3 is 3. The first-order valence-electron chi connectivity index (χ1n) is 22.7. The maximum Gasteiger partial charge on any atom is 0.414 e. The number of hydrogen-bond acceptors (Lipinski definition) is 12. The first-order chi connectivity index (χ1) is 33.6. The van der Waals surface area contributed by atoms with Gasteiger partial charge in [0.2, 0.25) is 12.8 Å². The summed E-state index contributed by atoms with van der Waals surface area (Å²) in [7, 11) is 8.16. The van der Waals surface area contributed by atoms with Crippen molar-refractivity contribution < 1.29 is 47.6 Å². The fourth-order valence-electron chi connectivity index (χ4n) is 8.71. The summed E-state index contributed by atoms with van der Waals surface area (Å²) in [5, 5.41) is 12.2. The lowest BCUT2D eigenvalue weighted by atomic mass is 9.91. The average Bonchev–Trinajstić information content (AvgIpc) is 3.37. The second-order valence-corrected chi connectivity index (χ2v) is 16.7. The smallest absolute Gasteiger partial charge is 0.414 e. The molecule has 1 heterocycles. The van der Waals surface area contributed by atoms with E-state index in [0.29, 0.717) is 71.0 Å². The van der Waals surface area contributed by atoms with E-state index in [2.05, 4.69) is 21.3 Å². The Morgan fingerprint density at radius 2 is 1.41 bits per heavy atom. The first-order valence-corrected chi connectivity index (χ1v) is 22.7. The minimum absolute atomic E-state index is 0.0120. The molecule has 4 N–H and O–H groups in total. The molecule has 69 heavy (non-hydrogen) atoms. The number of carbonyl (C=O) groups excluding carboxylic acids is 4. The Labute approximate surface area is 402 Å². The molecule has 0 radical (unpaired) electrons. The molecule has 1 aliphatic carbocycles. The third kappa shape index (κ3) is 11.8. The van der Waals surface area contributed by atoms with Gasteiger partial charge in [0.15, 0.2) is 23.0 Å². The third-order valence-corrected chi connectivity index (χ3v) is 12.2. The third-order valence-electron chi connectivity index (χ3n) is 12.2. The van der Waals surface area contributed by atoms with E-state index in [9.17, 15) is 19.2 Å². The second kappa shape index (κ2) is 23.2. The van der Waals surface area contributed by atoms with Crippen LogP contribution in [0, 0.1) is 0 Å². The number of fused-ring (bicyclic) bond motifs is 3. The number of ether oxygens (including phenoxy) is 6. The van der Waals surface area contributed by atoms with E-state index >= 15 is 0 Å². The highest BCUT2D eigenvalue weighted by Gasteiger charge is 2.31. The molecule has 0 bridgehead atoms. The topological polar surface area (TPSA) is 175 Å². The van der Waals surface area contributed by atoms with Crippen LogP contribution in [0.15, 0.2) is 114 Å². The Bertz CT molecular complexity index is 2730. The van der Waals surface area contributed by atoms with E-state index < -0.39 is 18.1 Å². The maximum absolute atomic E-state index is 14.2. The molecule has 5 aromatic carbocycles. The Balaban J connectivity index is 1.19. The van der Waals surface area contributed by atoms with E-state index in [1.807, 2.05) is 106 Å². The fourth-order valence-corrected chi connectivity index (χ4v) is 8.71. The van der Waals surface area contributed by atoms with Crippen LogP contribution in [0.2, 0.25) is 0 Å². The van der Waals surface area contributed by atoms with Crippen LogP contribution in [0.5, 0.6) is 23.0 Å². The van der Waals surface area contributed by atoms with Gasteiger partial charge in [-0.2, -0.15) is 0 Å². The van der Waals surface area contributed by atoms with Gasteiger partial charge in [-0.1, -0.05) is 54.6 Å². The van der Waals surface area contributed by atoms with Crippen molar-refractivity contribution in [2.75, 3.05) is 58.8 Å². The molecule has 5 aromatic rings. The number of benzene rings is 5. The van der Waals surface area contributed by atoms with E-state index in [0.717, 1.165) is 63.2 Å². The Kier molecular flexibility index (Phi) is 16.5. The van der Waals surface area contributed by atoms with Gasteiger partial charge in [-0.25, -0.2) is 9.59 Å². The van der Waals surface area contributed by atoms with Crippen molar-refractivity contribution in [2.45, 2.75) is 57.9 Å². The Morgan fingerprint density at radius 1 is 0.725 bits per heavy atom. The highest BCUT2D eigenvalue weighted by atomic mass is 16.6. The first kappa shape index (κ1) is 49.0. The number of rotatable bonds is 20. The van der Waals surface area contributed by atoms with Crippen LogP contribution in [0.25, 0.3) is 22.3 Å². The maximum atomic E-state index is 14.2. The van der Waals surface area contributed by atoms with Gasteiger partial charge in [0.25, 0.3) is 0 Å². The number of anilines is 2. The standard InChI is InChI=1S/C54H59N5O10/c1-34(57-32-60)19-38-11-7-9-13-43(38)45-24-49(64-4)51(26-47(45)56-3)67-30-36-20-37(22-40(21-36)53(62)66-6)31-68-52-27-48-46(25-50(52)65-5)44-14-10-8-12-39(44)23-42(58-33-61)28-59(48)54(63)69-29-35-15-17-41(55-2)18-16-35/h7-15,17,20-22,24-27,32-34,42,55-56H,16,18-19,23,28-31H2,1-6H3,(H,57,60)(H,58,61)/t34-,42?/m1/s1. The molecule has 0 saturated heterocycles. The Hall–Kier alpha value is -7.94. The summed E-state index contributed by atoms with van der Waals surface area (Å²) in [4.78, 5) is 51.9. The SMILES string of the molecule is CNC1=CC=C(COC(=O)N2CC(NC=O)Cc3ccccc3-c3cc(OC)c(OCc4cc(COc5cc(NC)c(-c6ccccc6C[C@@H](C)NC=O)cc5OC)cc(C(=O)OC)c4)cc32)CC1. The Morgan fingerprint density at radius 3 is 2.04 bits per heavy atom. The molecule has 0 spiro atoms. The fraction of sp³-hybridized carbons (Fsp3) is 0.296. The van der Waals surface area contributed by atoms with Gasteiger partial charge in [0.05, 0.1) is 38.6 Å². The molecule has 2 atom stereocenters. The second-order valence-electron chi connectivity index (χ2n) is 16.7. The van der Waals surface area contributed by atoms with Crippen molar-refractivity contribution in [2.24, 2.45) is 0 Å². The highest BCUT2D eigenvalue weighted by molar-refractivity contribution is 5.96. The molecule has 3 amide bonds. The summed E-state index contributed by atoms with van der Waals surface area (Å²) in [5.41, 5.74) is 10.4. The summed E-state index contributed by atoms with van der Waals surface area (Å²) in [6.07, 6.45) is 7.38. The van der Waals surface area contributed by atoms with Crippen LogP contribution in [0.3, 0.4) is 0 Å². The average molecular weight is 938 g/mol. The van der Waals surface area contributed by atoms with E-state index in [-0.39, 0.29) is 32.4 Å². The molecule has 2 aliphatic rings.